The van der Waals surface area contributed by atoms with E-state index in [0.29, 0.717) is 13.2 Å². The molecule has 3 rings (SSSR count). The van der Waals surface area contributed by atoms with Crippen LogP contribution in [0, 0.1) is 0 Å². The first-order valence-electron chi connectivity index (χ1n) is 8.92. The predicted octanol–water partition coefficient (Wildman–Crippen LogP) is 2.53. The fraction of sp³-hybridized carbons (Fsp3) is 0.333. The van der Waals surface area contributed by atoms with Crippen molar-refractivity contribution in [2.75, 3.05) is 31.6 Å². The van der Waals surface area contributed by atoms with E-state index in [2.05, 4.69) is 10.3 Å². The van der Waals surface area contributed by atoms with Crippen LogP contribution in [0.15, 0.2) is 35.4 Å². The van der Waals surface area contributed by atoms with E-state index in [1.54, 1.807) is 18.2 Å². The summed E-state index contributed by atoms with van der Waals surface area (Å²) in [7, 11) is -3.76. The molecule has 162 valence electrons. The van der Waals surface area contributed by atoms with E-state index < -0.39 is 28.0 Å². The highest BCUT2D eigenvalue weighted by Gasteiger charge is 2.29. The van der Waals surface area contributed by atoms with Gasteiger partial charge in [-0.3, -0.25) is 4.79 Å². The number of hydrogen-bond acceptors (Lipinski definition) is 6. The zero-order chi connectivity index (χ0) is 21.9. The average Bonchev–Trinajstić information content (AvgIpc) is 3.23. The lowest BCUT2D eigenvalue weighted by Crippen LogP contribution is -2.40. The van der Waals surface area contributed by atoms with E-state index in [9.17, 15) is 18.0 Å². The number of aromatic nitrogens is 1. The highest BCUT2D eigenvalue weighted by atomic mass is 35.5. The monoisotopic (exact) mass is 475 g/mol. The fourth-order valence-electron chi connectivity index (χ4n) is 2.69. The number of benzene rings is 1. The molecule has 0 radical (unpaired) electrons. The van der Waals surface area contributed by atoms with Gasteiger partial charge in [-0.25, -0.2) is 13.2 Å². The second-order valence-corrected chi connectivity index (χ2v) is 9.13. The molecule has 1 atom stereocenters. The Labute approximate surface area is 183 Å². The Morgan fingerprint density at radius 2 is 1.97 bits per heavy atom. The molecular formula is C18H19Cl2N3O6S. The Morgan fingerprint density at radius 3 is 2.67 bits per heavy atom. The SMILES string of the molecule is CC(OC(=O)c1cc(S(=O)(=O)N2CCOCC2)c[nH]1)C(=O)Nc1cccc(Cl)c1Cl. The number of carbonyl (C=O) groups excluding carboxylic acids is 2. The molecule has 1 unspecified atom stereocenters. The van der Waals surface area contributed by atoms with Gasteiger partial charge in [0.15, 0.2) is 6.10 Å². The van der Waals surface area contributed by atoms with Crippen LogP contribution in [0.4, 0.5) is 5.69 Å². The van der Waals surface area contributed by atoms with E-state index in [0.717, 1.165) is 0 Å². The Kier molecular flexibility index (Phi) is 7.04. The van der Waals surface area contributed by atoms with Crippen molar-refractivity contribution in [3.63, 3.8) is 0 Å². The number of esters is 1. The summed E-state index contributed by atoms with van der Waals surface area (Å²) in [5.74, 6) is -1.50. The summed E-state index contributed by atoms with van der Waals surface area (Å²) in [6, 6.07) is 5.90. The Hall–Kier alpha value is -2.11. The minimum absolute atomic E-state index is 0.0702. The molecule has 1 aliphatic heterocycles. The first-order valence-corrected chi connectivity index (χ1v) is 11.1. The molecule has 2 aromatic rings. The second kappa shape index (κ2) is 9.36. The number of hydrogen-bond donors (Lipinski definition) is 2. The zero-order valence-electron chi connectivity index (χ0n) is 15.9. The van der Waals surface area contributed by atoms with Gasteiger partial charge < -0.3 is 19.8 Å². The van der Waals surface area contributed by atoms with Crippen molar-refractivity contribution in [2.24, 2.45) is 0 Å². The number of aromatic amines is 1. The summed E-state index contributed by atoms with van der Waals surface area (Å²) in [4.78, 5) is 27.1. The number of nitrogens with zero attached hydrogens (tertiary/aromatic N) is 1. The molecule has 0 bridgehead atoms. The number of anilines is 1. The normalized spacial score (nSPS) is 16.1. The van der Waals surface area contributed by atoms with Crippen LogP contribution in [0.25, 0.3) is 0 Å². The van der Waals surface area contributed by atoms with Crippen LogP contribution in [0.2, 0.25) is 10.0 Å². The summed E-state index contributed by atoms with van der Waals surface area (Å²) in [6.07, 6.45) is 0.0351. The number of H-pyrrole nitrogens is 1. The van der Waals surface area contributed by atoms with Gasteiger partial charge in [0.2, 0.25) is 10.0 Å². The number of nitrogens with one attached hydrogen (secondary N) is 2. The molecule has 0 saturated carbocycles. The molecular weight excluding hydrogens is 457 g/mol. The van der Waals surface area contributed by atoms with Gasteiger partial charge in [-0.15, -0.1) is 0 Å². The third kappa shape index (κ3) is 4.96. The van der Waals surface area contributed by atoms with Crippen molar-refractivity contribution in [3.05, 3.63) is 46.2 Å². The van der Waals surface area contributed by atoms with Gasteiger partial charge in [0, 0.05) is 19.3 Å². The fourth-order valence-corrected chi connectivity index (χ4v) is 4.44. The Balaban J connectivity index is 1.64. The molecule has 12 heteroatoms. The van der Waals surface area contributed by atoms with Crippen LogP contribution in [0.5, 0.6) is 0 Å². The van der Waals surface area contributed by atoms with Crippen LogP contribution in [0.1, 0.15) is 17.4 Å². The highest BCUT2D eigenvalue weighted by molar-refractivity contribution is 7.89. The van der Waals surface area contributed by atoms with E-state index >= 15 is 0 Å². The predicted molar refractivity (Wildman–Crippen MR) is 110 cm³/mol. The largest absolute Gasteiger partial charge is 0.448 e. The maximum atomic E-state index is 12.6. The number of carbonyl (C=O) groups is 2. The van der Waals surface area contributed by atoms with Crippen molar-refractivity contribution in [2.45, 2.75) is 17.9 Å². The topological polar surface area (TPSA) is 118 Å². The number of sulfonamides is 1. The molecule has 2 heterocycles. The number of rotatable bonds is 6. The highest BCUT2D eigenvalue weighted by Crippen LogP contribution is 2.29. The molecule has 1 aliphatic rings. The summed E-state index contributed by atoms with van der Waals surface area (Å²) in [6.45, 7) is 2.46. The second-order valence-electron chi connectivity index (χ2n) is 6.40. The van der Waals surface area contributed by atoms with Gasteiger partial charge in [0.05, 0.1) is 28.9 Å². The summed E-state index contributed by atoms with van der Waals surface area (Å²) in [5, 5.41) is 2.95. The van der Waals surface area contributed by atoms with Gasteiger partial charge in [-0.1, -0.05) is 29.3 Å². The van der Waals surface area contributed by atoms with Crippen molar-refractivity contribution in [3.8, 4) is 0 Å². The zero-order valence-corrected chi connectivity index (χ0v) is 18.2. The van der Waals surface area contributed by atoms with Gasteiger partial charge in [-0.2, -0.15) is 4.31 Å². The average molecular weight is 476 g/mol. The maximum Gasteiger partial charge on any atom is 0.355 e. The molecule has 0 spiro atoms. The lowest BCUT2D eigenvalue weighted by molar-refractivity contribution is -0.123. The quantitative estimate of drug-likeness (QED) is 0.619. The number of morpholine rings is 1. The van der Waals surface area contributed by atoms with Crippen molar-refractivity contribution in [1.82, 2.24) is 9.29 Å². The first-order chi connectivity index (χ1) is 14.2. The van der Waals surface area contributed by atoms with Crippen LogP contribution in [-0.4, -0.2) is 62.0 Å². The van der Waals surface area contributed by atoms with Crippen molar-refractivity contribution in [1.29, 1.82) is 0 Å². The maximum absolute atomic E-state index is 12.6. The lowest BCUT2D eigenvalue weighted by Gasteiger charge is -2.25. The first kappa shape index (κ1) is 22.6. The molecule has 30 heavy (non-hydrogen) atoms. The molecule has 2 N–H and O–H groups in total. The molecule has 0 aliphatic carbocycles. The van der Waals surface area contributed by atoms with Gasteiger partial charge in [-0.05, 0) is 25.1 Å². The molecule has 1 aromatic carbocycles. The van der Waals surface area contributed by atoms with E-state index in [1.165, 1.54) is 23.5 Å². The van der Waals surface area contributed by atoms with Crippen LogP contribution in [0.3, 0.4) is 0 Å². The third-order valence-corrected chi connectivity index (χ3v) is 7.04. The third-order valence-electron chi connectivity index (χ3n) is 4.35. The minimum atomic E-state index is -3.76. The Morgan fingerprint density at radius 1 is 1.27 bits per heavy atom. The lowest BCUT2D eigenvalue weighted by atomic mass is 10.3. The summed E-state index contributed by atoms with van der Waals surface area (Å²) < 4.78 is 36.8. The molecule has 1 fully saturated rings. The minimum Gasteiger partial charge on any atom is -0.448 e. The van der Waals surface area contributed by atoms with Crippen LogP contribution in [-0.2, 0) is 24.3 Å². The van der Waals surface area contributed by atoms with Gasteiger partial charge in [0.25, 0.3) is 5.91 Å². The number of amides is 1. The smallest absolute Gasteiger partial charge is 0.355 e. The number of ether oxygens (including phenoxy) is 2. The molecule has 9 nitrogen and oxygen atoms in total. The standard InChI is InChI=1S/C18H19Cl2N3O6S/c1-11(17(24)22-14-4-2-3-13(19)16(14)20)29-18(25)15-9-12(10-21-15)30(26,27)23-5-7-28-8-6-23/h2-4,9-11,21H,5-8H2,1H3,(H,22,24). The molecule has 1 saturated heterocycles. The number of halogens is 2. The van der Waals surface area contributed by atoms with Gasteiger partial charge >= 0.3 is 5.97 Å². The summed E-state index contributed by atoms with van der Waals surface area (Å²) in [5.41, 5.74) is 0.179. The van der Waals surface area contributed by atoms with Crippen molar-refractivity contribution >= 4 is 50.8 Å². The van der Waals surface area contributed by atoms with Crippen molar-refractivity contribution < 1.29 is 27.5 Å². The summed E-state index contributed by atoms with van der Waals surface area (Å²) >= 11 is 11.9. The van der Waals surface area contributed by atoms with E-state index in [4.69, 9.17) is 32.7 Å². The molecule has 1 aromatic heterocycles. The van der Waals surface area contributed by atoms with E-state index in [1.807, 2.05) is 0 Å². The molecule has 1 amide bonds. The van der Waals surface area contributed by atoms with Gasteiger partial charge in [0.1, 0.15) is 10.6 Å². The van der Waals surface area contributed by atoms with Crippen LogP contribution < -0.4 is 5.32 Å². The van der Waals surface area contributed by atoms with Crippen LogP contribution >= 0.6 is 23.2 Å². The Bertz CT molecular complexity index is 1050. The van der Waals surface area contributed by atoms with E-state index in [-0.39, 0.29) is 39.4 Å².